The van der Waals surface area contributed by atoms with Crippen molar-refractivity contribution >= 4 is 17.4 Å². The van der Waals surface area contributed by atoms with Gasteiger partial charge >= 0.3 is 6.18 Å². The monoisotopic (exact) mass is 477 g/mol. The molecule has 1 saturated heterocycles. The number of carbonyl (C=O) groups is 1. The number of anilines is 2. The molecular weight excluding hydrogens is 447 g/mol. The Bertz CT molecular complexity index is 957. The van der Waals surface area contributed by atoms with Crippen LogP contribution in [0.4, 0.5) is 24.7 Å². The highest BCUT2D eigenvalue weighted by molar-refractivity contribution is 5.77. The molecule has 1 amide bonds. The van der Waals surface area contributed by atoms with Crippen LogP contribution < -0.4 is 10.2 Å². The number of benzene rings is 1. The maximum Gasteiger partial charge on any atom is 0.435 e. The molecule has 2 heterocycles. The number of carbonyl (C=O) groups excluding carboxylic acids is 1. The van der Waals surface area contributed by atoms with Crippen LogP contribution in [-0.2, 0) is 15.7 Å². The largest absolute Gasteiger partial charge is 0.435 e. The molecule has 2 fully saturated rings. The minimum Gasteiger partial charge on any atom is -0.368 e. The van der Waals surface area contributed by atoms with Gasteiger partial charge in [0.25, 0.3) is 0 Å². The lowest BCUT2D eigenvalue weighted by atomic mass is 9.93. The highest BCUT2D eigenvalue weighted by Gasteiger charge is 2.35. The summed E-state index contributed by atoms with van der Waals surface area (Å²) in [5.74, 6) is 0.134. The Balaban J connectivity index is 1.18. The predicted octanol–water partition coefficient (Wildman–Crippen LogP) is 3.89. The van der Waals surface area contributed by atoms with Gasteiger partial charge in [0.2, 0.25) is 5.91 Å². The molecule has 7 nitrogen and oxygen atoms in total. The van der Waals surface area contributed by atoms with E-state index in [1.807, 2.05) is 23.1 Å². The van der Waals surface area contributed by atoms with Gasteiger partial charge in [-0.3, -0.25) is 9.78 Å². The van der Waals surface area contributed by atoms with Crippen molar-refractivity contribution in [3.8, 4) is 0 Å². The van der Waals surface area contributed by atoms with Crippen LogP contribution in [0.1, 0.15) is 37.1 Å². The van der Waals surface area contributed by atoms with Crippen LogP contribution in [-0.4, -0.2) is 65.7 Å². The second-order valence-electron chi connectivity index (χ2n) is 8.82. The molecule has 2 aromatic rings. The molecule has 0 radical (unpaired) electrons. The van der Waals surface area contributed by atoms with Gasteiger partial charge in [-0.15, -0.1) is 0 Å². The Labute approximate surface area is 197 Å². The Morgan fingerprint density at radius 2 is 1.76 bits per heavy atom. The van der Waals surface area contributed by atoms with Crippen molar-refractivity contribution in [1.29, 1.82) is 0 Å². The maximum absolute atomic E-state index is 13.1. The number of ether oxygens (including phenoxy) is 1. The van der Waals surface area contributed by atoms with Gasteiger partial charge in [-0.2, -0.15) is 13.2 Å². The molecule has 1 aromatic heterocycles. The summed E-state index contributed by atoms with van der Waals surface area (Å²) >= 11 is 0. The van der Waals surface area contributed by atoms with Crippen LogP contribution >= 0.6 is 0 Å². The first-order valence-corrected chi connectivity index (χ1v) is 11.7. The van der Waals surface area contributed by atoms with Crippen molar-refractivity contribution in [2.75, 3.05) is 43.0 Å². The minimum atomic E-state index is -4.53. The van der Waals surface area contributed by atoms with E-state index in [4.69, 9.17) is 4.74 Å². The van der Waals surface area contributed by atoms with E-state index in [9.17, 15) is 18.0 Å². The average Bonchev–Trinajstić information content (AvgIpc) is 2.84. The molecule has 0 unspecified atom stereocenters. The lowest BCUT2D eigenvalue weighted by Gasteiger charge is -2.36. The average molecular weight is 478 g/mol. The van der Waals surface area contributed by atoms with Crippen molar-refractivity contribution in [3.63, 3.8) is 0 Å². The van der Waals surface area contributed by atoms with Gasteiger partial charge in [-0.25, -0.2) is 4.98 Å². The fourth-order valence-electron chi connectivity index (χ4n) is 4.50. The number of aromatic nitrogens is 2. The zero-order valence-electron chi connectivity index (χ0n) is 19.2. The van der Waals surface area contributed by atoms with E-state index in [0.29, 0.717) is 13.1 Å². The van der Waals surface area contributed by atoms with E-state index >= 15 is 0 Å². The molecule has 1 aliphatic carbocycles. The zero-order valence-corrected chi connectivity index (χ0v) is 19.2. The molecule has 2 aliphatic rings. The molecule has 34 heavy (non-hydrogen) atoms. The van der Waals surface area contributed by atoms with Crippen molar-refractivity contribution in [2.24, 2.45) is 0 Å². The van der Waals surface area contributed by atoms with Crippen LogP contribution in [0.3, 0.4) is 0 Å². The van der Waals surface area contributed by atoms with Gasteiger partial charge in [-0.1, -0.05) is 18.2 Å². The summed E-state index contributed by atoms with van der Waals surface area (Å²) in [6.45, 7) is 4.30. The molecule has 1 aromatic carbocycles. The summed E-state index contributed by atoms with van der Waals surface area (Å²) in [6, 6.07) is 10.2. The molecular formula is C24H30F3N5O2. The Hall–Kier alpha value is -2.88. The summed E-state index contributed by atoms with van der Waals surface area (Å²) in [6.07, 6.45) is -0.292. The van der Waals surface area contributed by atoms with Gasteiger partial charge in [0.05, 0.1) is 18.0 Å². The second-order valence-corrected chi connectivity index (χ2v) is 8.82. The van der Waals surface area contributed by atoms with E-state index in [1.165, 1.54) is 18.8 Å². The highest BCUT2D eigenvalue weighted by Crippen LogP contribution is 2.31. The first-order chi connectivity index (χ1) is 16.3. The SMILES string of the molecule is Cc1ncc(NC2CCC(OCC(=O)N3CCN(c4ccccc4)CC3)CC2)nc1C(F)(F)F. The Morgan fingerprint density at radius 1 is 1.09 bits per heavy atom. The van der Waals surface area contributed by atoms with E-state index in [0.717, 1.165) is 38.8 Å². The van der Waals surface area contributed by atoms with E-state index in [2.05, 4.69) is 32.3 Å². The molecule has 4 rings (SSSR count). The van der Waals surface area contributed by atoms with Crippen LogP contribution in [0.5, 0.6) is 0 Å². The van der Waals surface area contributed by atoms with Crippen LogP contribution in [0.2, 0.25) is 0 Å². The quantitative estimate of drug-likeness (QED) is 0.681. The lowest BCUT2D eigenvalue weighted by molar-refractivity contribution is -0.142. The third-order valence-corrected chi connectivity index (χ3v) is 6.45. The summed E-state index contributed by atoms with van der Waals surface area (Å²) in [5, 5.41) is 3.07. The molecule has 1 saturated carbocycles. The minimum absolute atomic E-state index is 0.000273. The van der Waals surface area contributed by atoms with Crippen molar-refractivity contribution in [2.45, 2.75) is 50.9 Å². The van der Waals surface area contributed by atoms with Gasteiger partial charge in [0.15, 0.2) is 5.69 Å². The third-order valence-electron chi connectivity index (χ3n) is 6.45. The topological polar surface area (TPSA) is 70.6 Å². The summed E-state index contributed by atoms with van der Waals surface area (Å²) in [4.78, 5) is 24.2. The molecule has 1 N–H and O–H groups in total. The molecule has 10 heteroatoms. The van der Waals surface area contributed by atoms with Crippen molar-refractivity contribution in [1.82, 2.24) is 14.9 Å². The number of para-hydroxylation sites is 1. The third kappa shape index (κ3) is 6.16. The Morgan fingerprint density at radius 3 is 2.41 bits per heavy atom. The number of aryl methyl sites for hydroxylation is 1. The number of nitrogens with one attached hydrogen (secondary N) is 1. The molecule has 0 atom stereocenters. The first-order valence-electron chi connectivity index (χ1n) is 11.7. The number of alkyl halides is 3. The number of hydrogen-bond acceptors (Lipinski definition) is 6. The first kappa shape index (κ1) is 24.3. The summed E-state index contributed by atoms with van der Waals surface area (Å²) in [7, 11) is 0. The lowest BCUT2D eigenvalue weighted by Crippen LogP contribution is -2.50. The molecule has 184 valence electrons. The molecule has 0 spiro atoms. The predicted molar refractivity (Wildman–Crippen MR) is 123 cm³/mol. The number of piperazine rings is 1. The molecule has 1 aliphatic heterocycles. The smallest absolute Gasteiger partial charge is 0.368 e. The second kappa shape index (κ2) is 10.6. The summed E-state index contributed by atoms with van der Waals surface area (Å²) in [5.41, 5.74) is 0.0707. The highest BCUT2D eigenvalue weighted by atomic mass is 19.4. The molecule has 0 bridgehead atoms. The fourth-order valence-corrected chi connectivity index (χ4v) is 4.50. The van der Waals surface area contributed by atoms with Gasteiger partial charge in [-0.05, 0) is 44.7 Å². The van der Waals surface area contributed by atoms with Crippen LogP contribution in [0, 0.1) is 6.92 Å². The van der Waals surface area contributed by atoms with Crippen molar-refractivity contribution < 1.29 is 22.7 Å². The van der Waals surface area contributed by atoms with Crippen LogP contribution in [0.25, 0.3) is 0 Å². The number of amides is 1. The maximum atomic E-state index is 13.1. The Kier molecular flexibility index (Phi) is 7.55. The fraction of sp³-hybridized carbons (Fsp3) is 0.542. The number of hydrogen-bond donors (Lipinski definition) is 1. The van der Waals surface area contributed by atoms with E-state index in [1.54, 1.807) is 0 Å². The number of halogens is 3. The van der Waals surface area contributed by atoms with Gasteiger partial charge in [0, 0.05) is 37.9 Å². The number of rotatable bonds is 6. The van der Waals surface area contributed by atoms with E-state index in [-0.39, 0.29) is 36.2 Å². The normalized spacial score (nSPS) is 21.4. The van der Waals surface area contributed by atoms with E-state index < -0.39 is 11.9 Å². The van der Waals surface area contributed by atoms with Crippen LogP contribution in [0.15, 0.2) is 36.5 Å². The zero-order chi connectivity index (χ0) is 24.1. The number of nitrogens with zero attached hydrogens (tertiary/aromatic N) is 4. The van der Waals surface area contributed by atoms with Crippen molar-refractivity contribution in [3.05, 3.63) is 47.9 Å². The standard InChI is InChI=1S/C24H30F3N5O2/c1-17-23(24(25,26)27)30-21(15-28-17)29-18-7-9-20(10-8-18)34-16-22(33)32-13-11-31(12-14-32)19-5-3-2-4-6-19/h2-6,15,18,20H,7-14,16H2,1H3,(H,29,30). The van der Waals surface area contributed by atoms with Gasteiger partial charge < -0.3 is 19.9 Å². The van der Waals surface area contributed by atoms with Gasteiger partial charge in [0.1, 0.15) is 12.4 Å². The summed E-state index contributed by atoms with van der Waals surface area (Å²) < 4.78 is 45.1.